The summed E-state index contributed by atoms with van der Waals surface area (Å²) in [5, 5.41) is 13.7. The maximum atomic E-state index is 13.4. The van der Waals surface area contributed by atoms with Gasteiger partial charge in [0.1, 0.15) is 5.82 Å². The molecule has 0 unspecified atom stereocenters. The van der Waals surface area contributed by atoms with E-state index in [0.717, 1.165) is 10.0 Å². The van der Waals surface area contributed by atoms with Crippen molar-refractivity contribution in [3.8, 4) is 0 Å². The molecule has 132 valence electrons. The van der Waals surface area contributed by atoms with Crippen LogP contribution in [-0.2, 0) is 5.60 Å². The molecule has 2 aromatic rings. The Morgan fingerprint density at radius 1 is 1.20 bits per heavy atom. The molecule has 1 fully saturated rings. The Morgan fingerprint density at radius 3 is 2.44 bits per heavy atom. The molecule has 0 radical (unpaired) electrons. The first-order valence-electron chi connectivity index (χ1n) is 7.86. The van der Waals surface area contributed by atoms with Crippen molar-refractivity contribution >= 4 is 39.2 Å². The highest BCUT2D eigenvalue weighted by atomic mass is 79.9. The van der Waals surface area contributed by atoms with E-state index in [1.165, 1.54) is 18.2 Å². The number of hydrogen-bond donors (Lipinski definition) is 2. The van der Waals surface area contributed by atoms with E-state index in [4.69, 9.17) is 11.6 Å². The van der Waals surface area contributed by atoms with Crippen LogP contribution < -0.4 is 5.32 Å². The van der Waals surface area contributed by atoms with Crippen molar-refractivity contribution in [2.24, 2.45) is 0 Å². The van der Waals surface area contributed by atoms with Gasteiger partial charge in [-0.1, -0.05) is 39.7 Å². The minimum atomic E-state index is -0.945. The molecule has 0 aliphatic carbocycles. The van der Waals surface area contributed by atoms with Crippen LogP contribution in [0.5, 0.6) is 0 Å². The van der Waals surface area contributed by atoms with E-state index in [0.29, 0.717) is 31.6 Å². The third kappa shape index (κ3) is 4.32. The minimum absolute atomic E-state index is 0.221. The zero-order valence-corrected chi connectivity index (χ0v) is 15.6. The van der Waals surface area contributed by atoms with Crippen LogP contribution in [0.2, 0.25) is 5.02 Å². The third-order valence-electron chi connectivity index (χ3n) is 4.37. The van der Waals surface area contributed by atoms with E-state index in [1.807, 2.05) is 24.3 Å². The van der Waals surface area contributed by atoms with Crippen molar-refractivity contribution < 1.29 is 14.3 Å². The molecule has 4 nitrogen and oxygen atoms in total. The lowest BCUT2D eigenvalue weighted by molar-refractivity contribution is -0.0157. The molecule has 0 aromatic heterocycles. The van der Waals surface area contributed by atoms with Gasteiger partial charge in [0, 0.05) is 28.3 Å². The van der Waals surface area contributed by atoms with Gasteiger partial charge in [-0.15, -0.1) is 0 Å². The summed E-state index contributed by atoms with van der Waals surface area (Å²) < 4.78 is 14.3. The zero-order valence-electron chi connectivity index (χ0n) is 13.3. The molecule has 1 aliphatic heterocycles. The first kappa shape index (κ1) is 18.2. The van der Waals surface area contributed by atoms with Gasteiger partial charge in [0.25, 0.3) is 0 Å². The molecule has 2 N–H and O–H groups in total. The van der Waals surface area contributed by atoms with E-state index in [9.17, 15) is 14.3 Å². The van der Waals surface area contributed by atoms with Gasteiger partial charge < -0.3 is 15.3 Å². The van der Waals surface area contributed by atoms with Gasteiger partial charge in [0.15, 0.2) is 0 Å². The van der Waals surface area contributed by atoms with Crippen molar-refractivity contribution in [1.29, 1.82) is 0 Å². The number of carbonyl (C=O) groups excluding carboxylic acids is 1. The number of anilines is 1. The standard InChI is InChI=1S/C18H17BrClFN2O2/c19-13-3-1-12(2-4-13)18(25)5-7-23(8-6-18)17(24)22-16-10-14(20)9-15(21)11-16/h1-4,9-11,25H,5-8H2,(H,22,24). The molecule has 1 aliphatic rings. The first-order chi connectivity index (χ1) is 11.9. The van der Waals surface area contributed by atoms with Crippen LogP contribution in [0, 0.1) is 5.82 Å². The fraction of sp³-hybridized carbons (Fsp3) is 0.278. The fourth-order valence-electron chi connectivity index (χ4n) is 2.96. The molecule has 0 bridgehead atoms. The number of benzene rings is 2. The number of likely N-dealkylation sites (tertiary alicyclic amines) is 1. The largest absolute Gasteiger partial charge is 0.385 e. The molecule has 1 heterocycles. The van der Waals surface area contributed by atoms with Gasteiger partial charge in [0.2, 0.25) is 0 Å². The molecular formula is C18H17BrClFN2O2. The lowest BCUT2D eigenvalue weighted by Crippen LogP contribution is -2.46. The van der Waals surface area contributed by atoms with Crippen LogP contribution in [0.25, 0.3) is 0 Å². The molecule has 1 saturated heterocycles. The summed E-state index contributed by atoms with van der Waals surface area (Å²) >= 11 is 9.17. The Balaban J connectivity index is 1.63. The van der Waals surface area contributed by atoms with Crippen LogP contribution >= 0.6 is 27.5 Å². The van der Waals surface area contributed by atoms with Gasteiger partial charge in [-0.3, -0.25) is 0 Å². The second kappa shape index (κ2) is 7.32. The Hall–Kier alpha value is -1.63. The number of urea groups is 1. The molecule has 7 heteroatoms. The molecule has 0 atom stereocenters. The lowest BCUT2D eigenvalue weighted by atomic mass is 9.84. The number of nitrogens with zero attached hydrogens (tertiary/aromatic N) is 1. The predicted molar refractivity (Wildman–Crippen MR) is 99.3 cm³/mol. The maximum Gasteiger partial charge on any atom is 0.321 e. The quantitative estimate of drug-likeness (QED) is 0.726. The number of aliphatic hydroxyl groups is 1. The van der Waals surface area contributed by atoms with Gasteiger partial charge in [-0.2, -0.15) is 0 Å². The summed E-state index contributed by atoms with van der Waals surface area (Å²) in [7, 11) is 0. The summed E-state index contributed by atoms with van der Waals surface area (Å²) in [5.41, 5.74) is 0.205. The Kier molecular flexibility index (Phi) is 5.32. The second-order valence-corrected chi connectivity index (χ2v) is 7.47. The Morgan fingerprint density at radius 2 is 1.84 bits per heavy atom. The highest BCUT2D eigenvalue weighted by Gasteiger charge is 2.35. The number of amides is 2. The van der Waals surface area contributed by atoms with E-state index in [1.54, 1.807) is 4.90 Å². The zero-order chi connectivity index (χ0) is 18.0. The lowest BCUT2D eigenvalue weighted by Gasteiger charge is -2.38. The molecule has 25 heavy (non-hydrogen) atoms. The van der Waals surface area contributed by atoms with Crippen molar-refractivity contribution in [3.63, 3.8) is 0 Å². The Labute approximate surface area is 158 Å². The van der Waals surface area contributed by atoms with Crippen LogP contribution in [0.15, 0.2) is 46.9 Å². The SMILES string of the molecule is O=C(Nc1cc(F)cc(Cl)c1)N1CCC(O)(c2ccc(Br)cc2)CC1. The number of hydrogen-bond acceptors (Lipinski definition) is 2. The number of carbonyl (C=O) groups is 1. The topological polar surface area (TPSA) is 52.6 Å². The number of halogens is 3. The molecule has 2 aromatic carbocycles. The highest BCUT2D eigenvalue weighted by Crippen LogP contribution is 2.33. The smallest absolute Gasteiger partial charge is 0.321 e. The summed E-state index contributed by atoms with van der Waals surface area (Å²) in [4.78, 5) is 13.9. The number of piperidine rings is 1. The van der Waals surface area contributed by atoms with Crippen molar-refractivity contribution in [2.45, 2.75) is 18.4 Å². The monoisotopic (exact) mass is 426 g/mol. The first-order valence-corrected chi connectivity index (χ1v) is 9.03. The molecule has 2 amide bonds. The second-order valence-electron chi connectivity index (χ2n) is 6.11. The molecule has 0 saturated carbocycles. The summed E-state index contributed by atoms with van der Waals surface area (Å²) in [5.74, 6) is -0.508. The number of rotatable bonds is 2. The van der Waals surface area contributed by atoms with Crippen molar-refractivity contribution in [3.05, 3.63) is 63.3 Å². The van der Waals surface area contributed by atoms with Gasteiger partial charge in [0.05, 0.1) is 5.60 Å². The van der Waals surface area contributed by atoms with Crippen LogP contribution in [0.1, 0.15) is 18.4 Å². The van der Waals surface area contributed by atoms with E-state index in [-0.39, 0.29) is 11.1 Å². The highest BCUT2D eigenvalue weighted by molar-refractivity contribution is 9.10. The van der Waals surface area contributed by atoms with Gasteiger partial charge >= 0.3 is 6.03 Å². The van der Waals surface area contributed by atoms with E-state index < -0.39 is 11.4 Å². The van der Waals surface area contributed by atoms with Crippen LogP contribution in [0.4, 0.5) is 14.9 Å². The van der Waals surface area contributed by atoms with Crippen LogP contribution in [-0.4, -0.2) is 29.1 Å². The summed E-state index contributed by atoms with van der Waals surface area (Å²) in [6.45, 7) is 0.808. The minimum Gasteiger partial charge on any atom is -0.385 e. The van der Waals surface area contributed by atoms with Crippen molar-refractivity contribution in [2.75, 3.05) is 18.4 Å². The third-order valence-corrected chi connectivity index (χ3v) is 5.12. The van der Waals surface area contributed by atoms with Gasteiger partial charge in [-0.25, -0.2) is 9.18 Å². The fourth-order valence-corrected chi connectivity index (χ4v) is 3.44. The molecule has 0 spiro atoms. The van der Waals surface area contributed by atoms with Crippen LogP contribution in [0.3, 0.4) is 0 Å². The summed E-state index contributed by atoms with van der Waals surface area (Å²) in [6.07, 6.45) is 0.873. The maximum absolute atomic E-state index is 13.4. The number of nitrogens with one attached hydrogen (secondary N) is 1. The van der Waals surface area contributed by atoms with E-state index >= 15 is 0 Å². The van der Waals surface area contributed by atoms with E-state index in [2.05, 4.69) is 21.2 Å². The van der Waals surface area contributed by atoms with Gasteiger partial charge in [-0.05, 0) is 48.7 Å². The molecular weight excluding hydrogens is 411 g/mol. The van der Waals surface area contributed by atoms with Crippen molar-refractivity contribution in [1.82, 2.24) is 4.90 Å². The molecule has 3 rings (SSSR count). The average molecular weight is 428 g/mol. The normalized spacial score (nSPS) is 16.6. The average Bonchev–Trinajstić information content (AvgIpc) is 2.55. The Bertz CT molecular complexity index is 757. The summed E-state index contributed by atoms with van der Waals surface area (Å²) in [6, 6.07) is 11.1. The predicted octanol–water partition coefficient (Wildman–Crippen LogP) is 4.76.